The smallest absolute Gasteiger partial charge is 0.270 e. The van der Waals surface area contributed by atoms with Gasteiger partial charge in [0.2, 0.25) is 0 Å². The lowest BCUT2D eigenvalue weighted by atomic mass is 10.1. The minimum atomic E-state index is -0.569. The molecule has 0 bridgehead atoms. The van der Waals surface area contributed by atoms with Crippen molar-refractivity contribution in [3.05, 3.63) is 57.9 Å². The molecule has 0 saturated heterocycles. The van der Waals surface area contributed by atoms with E-state index >= 15 is 0 Å². The van der Waals surface area contributed by atoms with Crippen molar-refractivity contribution in [3.8, 4) is 11.3 Å². The molecule has 0 fully saturated rings. The van der Waals surface area contributed by atoms with Gasteiger partial charge in [-0.15, -0.1) is 0 Å². The minimum absolute atomic E-state index is 0.0572. The first-order valence-electron chi connectivity index (χ1n) is 6.90. The summed E-state index contributed by atoms with van der Waals surface area (Å²) >= 11 is 0. The Labute approximate surface area is 123 Å². The molecule has 0 aliphatic rings. The van der Waals surface area contributed by atoms with Crippen molar-refractivity contribution in [2.45, 2.75) is 26.8 Å². The third-order valence-corrected chi connectivity index (χ3v) is 3.34. The zero-order valence-corrected chi connectivity index (χ0v) is 12.2. The van der Waals surface area contributed by atoms with E-state index < -0.39 is 5.91 Å². The first kappa shape index (κ1) is 15.0. The number of nitrogen functional groups attached to an aromatic ring is 1. The van der Waals surface area contributed by atoms with Gasteiger partial charge in [-0.05, 0) is 31.0 Å². The number of hydrazine groups is 1. The predicted octanol–water partition coefficient (Wildman–Crippen LogP) is 1.84. The number of rotatable bonds is 4. The highest BCUT2D eigenvalue weighted by atomic mass is 16.2. The molecule has 0 unspecified atom stereocenters. The van der Waals surface area contributed by atoms with Gasteiger partial charge in [-0.25, -0.2) is 5.84 Å². The normalized spacial score (nSPS) is 10.4. The van der Waals surface area contributed by atoms with E-state index in [-0.39, 0.29) is 11.1 Å². The summed E-state index contributed by atoms with van der Waals surface area (Å²) in [5, 5.41) is 0. The number of aryl methyl sites for hydroxylation is 1. The molecule has 5 heteroatoms. The van der Waals surface area contributed by atoms with E-state index in [9.17, 15) is 9.59 Å². The number of nitrogens with two attached hydrogens (primary N) is 1. The summed E-state index contributed by atoms with van der Waals surface area (Å²) in [5.41, 5.74) is 4.65. The highest BCUT2D eigenvalue weighted by molar-refractivity contribution is 5.93. The van der Waals surface area contributed by atoms with E-state index in [0.717, 1.165) is 23.2 Å². The minimum Gasteiger partial charge on any atom is -0.308 e. The van der Waals surface area contributed by atoms with Crippen LogP contribution in [0.2, 0.25) is 0 Å². The van der Waals surface area contributed by atoms with E-state index in [2.05, 4.69) is 0 Å². The van der Waals surface area contributed by atoms with Gasteiger partial charge in [0, 0.05) is 6.54 Å². The molecule has 0 aliphatic heterocycles. The molecular weight excluding hydrogens is 266 g/mol. The van der Waals surface area contributed by atoms with E-state index in [4.69, 9.17) is 5.84 Å². The maximum Gasteiger partial charge on any atom is 0.270 e. The highest BCUT2D eigenvalue weighted by Gasteiger charge is 2.14. The number of hydrogen-bond donors (Lipinski definition) is 2. The molecule has 21 heavy (non-hydrogen) atoms. The van der Waals surface area contributed by atoms with Crippen LogP contribution in [0.5, 0.6) is 0 Å². The molecule has 0 spiro atoms. The number of hydrogen-bond acceptors (Lipinski definition) is 3. The summed E-state index contributed by atoms with van der Waals surface area (Å²) < 4.78 is 1.62. The number of benzene rings is 1. The summed E-state index contributed by atoms with van der Waals surface area (Å²) in [4.78, 5) is 24.1. The zero-order chi connectivity index (χ0) is 15.4. The SMILES string of the molecule is CCCn1c(-c2ccc(C)cc2)ccc(C(=O)NN)c1=O. The topological polar surface area (TPSA) is 77.1 Å². The van der Waals surface area contributed by atoms with E-state index in [1.807, 2.05) is 43.5 Å². The summed E-state index contributed by atoms with van der Waals surface area (Å²) in [7, 11) is 0. The number of carbonyl (C=O) groups is 1. The lowest BCUT2D eigenvalue weighted by Gasteiger charge is -2.14. The Balaban J connectivity index is 2.61. The number of nitrogens with zero attached hydrogens (tertiary/aromatic N) is 1. The molecule has 1 amide bonds. The number of nitrogens with one attached hydrogen (secondary N) is 1. The van der Waals surface area contributed by atoms with Gasteiger partial charge in [0.25, 0.3) is 11.5 Å². The Bertz CT molecular complexity index is 702. The fraction of sp³-hybridized carbons (Fsp3) is 0.250. The van der Waals surface area contributed by atoms with Gasteiger partial charge in [0.05, 0.1) is 5.69 Å². The van der Waals surface area contributed by atoms with Crippen LogP contribution in [-0.4, -0.2) is 10.5 Å². The maximum atomic E-state index is 12.5. The van der Waals surface area contributed by atoms with Crippen molar-refractivity contribution in [3.63, 3.8) is 0 Å². The van der Waals surface area contributed by atoms with Crippen LogP contribution in [0.4, 0.5) is 0 Å². The van der Waals surface area contributed by atoms with Gasteiger partial charge in [-0.1, -0.05) is 36.8 Å². The maximum absolute atomic E-state index is 12.5. The Hall–Kier alpha value is -2.40. The van der Waals surface area contributed by atoms with Crippen molar-refractivity contribution in [2.24, 2.45) is 5.84 Å². The third-order valence-electron chi connectivity index (χ3n) is 3.34. The molecule has 0 atom stereocenters. The van der Waals surface area contributed by atoms with Crippen LogP contribution in [0.1, 0.15) is 29.3 Å². The average Bonchev–Trinajstić information content (AvgIpc) is 2.49. The third kappa shape index (κ3) is 3.03. The molecule has 1 heterocycles. The van der Waals surface area contributed by atoms with Crippen molar-refractivity contribution < 1.29 is 4.79 Å². The van der Waals surface area contributed by atoms with E-state index in [0.29, 0.717) is 6.54 Å². The van der Waals surface area contributed by atoms with Gasteiger partial charge >= 0.3 is 0 Å². The second-order valence-corrected chi connectivity index (χ2v) is 4.93. The first-order chi connectivity index (χ1) is 10.1. The number of pyridine rings is 1. The van der Waals surface area contributed by atoms with Crippen molar-refractivity contribution in [1.29, 1.82) is 0 Å². The van der Waals surface area contributed by atoms with E-state index in [1.54, 1.807) is 10.6 Å². The molecule has 5 nitrogen and oxygen atoms in total. The molecule has 110 valence electrons. The van der Waals surface area contributed by atoms with Crippen LogP contribution in [0.25, 0.3) is 11.3 Å². The lowest BCUT2D eigenvalue weighted by molar-refractivity contribution is 0.0951. The predicted molar refractivity (Wildman–Crippen MR) is 82.8 cm³/mol. The van der Waals surface area contributed by atoms with Crippen molar-refractivity contribution in [2.75, 3.05) is 0 Å². The van der Waals surface area contributed by atoms with Crippen LogP contribution >= 0.6 is 0 Å². The second-order valence-electron chi connectivity index (χ2n) is 4.93. The quantitative estimate of drug-likeness (QED) is 0.511. The highest BCUT2D eigenvalue weighted by Crippen LogP contribution is 2.19. The average molecular weight is 285 g/mol. The Morgan fingerprint density at radius 3 is 2.43 bits per heavy atom. The zero-order valence-electron chi connectivity index (χ0n) is 12.2. The molecular formula is C16H19N3O2. The van der Waals surface area contributed by atoms with Gasteiger partial charge in [-0.3, -0.25) is 15.0 Å². The summed E-state index contributed by atoms with van der Waals surface area (Å²) in [6.45, 7) is 4.55. The molecule has 2 rings (SSSR count). The molecule has 1 aromatic carbocycles. The molecule has 2 aromatic rings. The summed E-state index contributed by atoms with van der Waals surface area (Å²) in [5.74, 6) is 4.55. The fourth-order valence-electron chi connectivity index (χ4n) is 2.25. The van der Waals surface area contributed by atoms with Crippen molar-refractivity contribution in [1.82, 2.24) is 9.99 Å². The molecule has 3 N–H and O–H groups in total. The van der Waals surface area contributed by atoms with Crippen LogP contribution in [0, 0.1) is 6.92 Å². The van der Waals surface area contributed by atoms with E-state index in [1.165, 1.54) is 6.07 Å². The van der Waals surface area contributed by atoms with Crippen LogP contribution in [-0.2, 0) is 6.54 Å². The second kappa shape index (κ2) is 6.37. The van der Waals surface area contributed by atoms with Crippen LogP contribution in [0.15, 0.2) is 41.2 Å². The standard InChI is InChI=1S/C16H19N3O2/c1-3-10-19-14(12-6-4-11(2)5-7-12)9-8-13(16(19)21)15(20)18-17/h4-9H,3,10,17H2,1-2H3,(H,18,20). The van der Waals surface area contributed by atoms with Gasteiger partial charge in [0.15, 0.2) is 0 Å². The van der Waals surface area contributed by atoms with Gasteiger partial charge in [0.1, 0.15) is 5.56 Å². The molecule has 0 saturated carbocycles. The Morgan fingerprint density at radius 1 is 1.19 bits per heavy atom. The largest absolute Gasteiger partial charge is 0.308 e. The number of aromatic nitrogens is 1. The summed E-state index contributed by atoms with van der Waals surface area (Å²) in [6.07, 6.45) is 0.798. The Kier molecular flexibility index (Phi) is 4.55. The summed E-state index contributed by atoms with van der Waals surface area (Å²) in [6, 6.07) is 11.2. The van der Waals surface area contributed by atoms with Gasteiger partial charge < -0.3 is 4.57 Å². The first-order valence-corrected chi connectivity index (χ1v) is 6.90. The van der Waals surface area contributed by atoms with Crippen LogP contribution < -0.4 is 16.8 Å². The molecule has 1 aromatic heterocycles. The van der Waals surface area contributed by atoms with Gasteiger partial charge in [-0.2, -0.15) is 0 Å². The Morgan fingerprint density at radius 2 is 1.86 bits per heavy atom. The van der Waals surface area contributed by atoms with Crippen molar-refractivity contribution >= 4 is 5.91 Å². The fourth-order valence-corrected chi connectivity index (χ4v) is 2.25. The number of carbonyl (C=O) groups excluding carboxylic acids is 1. The van der Waals surface area contributed by atoms with Crippen LogP contribution in [0.3, 0.4) is 0 Å². The molecule has 0 radical (unpaired) electrons. The lowest BCUT2D eigenvalue weighted by Crippen LogP contribution is -2.36. The molecule has 0 aliphatic carbocycles. The monoisotopic (exact) mass is 285 g/mol. The number of amides is 1.